The van der Waals surface area contributed by atoms with Crippen molar-refractivity contribution in [1.29, 1.82) is 0 Å². The lowest BCUT2D eigenvalue weighted by atomic mass is 9.91. The summed E-state index contributed by atoms with van der Waals surface area (Å²) in [4.78, 5) is 21.5. The molecule has 0 spiro atoms. The highest BCUT2D eigenvalue weighted by molar-refractivity contribution is 6.02. The van der Waals surface area contributed by atoms with E-state index in [1.165, 1.54) is 36.0 Å². The van der Waals surface area contributed by atoms with E-state index < -0.39 is 6.17 Å². The summed E-state index contributed by atoms with van der Waals surface area (Å²) >= 11 is 0. The Kier molecular flexibility index (Phi) is 8.69. The van der Waals surface area contributed by atoms with Crippen LogP contribution in [0.2, 0.25) is 0 Å². The molecule has 0 bridgehead atoms. The van der Waals surface area contributed by atoms with Gasteiger partial charge in [0.25, 0.3) is 5.89 Å². The predicted octanol–water partition coefficient (Wildman–Crippen LogP) is 4.06. The number of aryl methyl sites for hydroxylation is 1. The van der Waals surface area contributed by atoms with Gasteiger partial charge in [-0.15, -0.1) is 0 Å². The third-order valence-electron chi connectivity index (χ3n) is 5.49. The second-order valence-electron chi connectivity index (χ2n) is 7.78. The van der Waals surface area contributed by atoms with Crippen LogP contribution in [0, 0.1) is 6.92 Å². The Morgan fingerprint density at radius 3 is 2.59 bits per heavy atom. The van der Waals surface area contributed by atoms with Crippen LogP contribution >= 0.6 is 0 Å². The minimum Gasteiger partial charge on any atom is -0.394 e. The number of benzene rings is 1. The van der Waals surface area contributed by atoms with Crippen LogP contribution < -0.4 is 5.73 Å². The van der Waals surface area contributed by atoms with Crippen LogP contribution in [0.5, 0.6) is 0 Å². The molecule has 174 valence electrons. The minimum absolute atomic E-state index is 0.0730. The zero-order chi connectivity index (χ0) is 23.9. The fourth-order valence-electron chi connectivity index (χ4n) is 3.38. The first-order valence-corrected chi connectivity index (χ1v) is 11.0. The van der Waals surface area contributed by atoms with Crippen molar-refractivity contribution in [3.05, 3.63) is 53.2 Å². The molecule has 1 unspecified atom stereocenters. The number of aromatic nitrogens is 2. The molecule has 3 rings (SSSR count). The first-order chi connectivity index (χ1) is 15.2. The van der Waals surface area contributed by atoms with Crippen LogP contribution in [0.3, 0.4) is 0 Å². The van der Waals surface area contributed by atoms with Gasteiger partial charge in [0.2, 0.25) is 5.91 Å². The number of likely N-dealkylation sites (N-methyl/N-ethyl adjacent to an activating group) is 1. The lowest BCUT2D eigenvalue weighted by Gasteiger charge is -2.13. The van der Waals surface area contributed by atoms with Crippen LogP contribution in [0.25, 0.3) is 5.70 Å². The highest BCUT2D eigenvalue weighted by Gasteiger charge is 2.50. The molecule has 1 aromatic heterocycles. The van der Waals surface area contributed by atoms with Gasteiger partial charge in [0.1, 0.15) is 6.17 Å². The second-order valence-corrected chi connectivity index (χ2v) is 7.78. The van der Waals surface area contributed by atoms with Gasteiger partial charge in [-0.3, -0.25) is 9.79 Å². The maximum atomic E-state index is 14.0. The number of alkyl halides is 1. The van der Waals surface area contributed by atoms with E-state index >= 15 is 0 Å². The molecule has 0 saturated heterocycles. The number of aliphatic imine (C=N–C) groups is 1. The normalized spacial score (nSPS) is 16.1. The van der Waals surface area contributed by atoms with Crippen molar-refractivity contribution in [3.8, 4) is 0 Å². The number of allylic oxidation sites excluding steroid dienone is 1. The summed E-state index contributed by atoms with van der Waals surface area (Å²) in [6.45, 7) is 9.59. The number of amides is 1. The molecule has 1 amide bonds. The smallest absolute Gasteiger partial charge is 0.273 e. The Hall–Kier alpha value is -3.03. The van der Waals surface area contributed by atoms with Crippen LogP contribution in [-0.4, -0.2) is 53.0 Å². The fourth-order valence-corrected chi connectivity index (χ4v) is 3.38. The van der Waals surface area contributed by atoms with Gasteiger partial charge in [-0.05, 0) is 43.9 Å². The molecule has 1 saturated carbocycles. The van der Waals surface area contributed by atoms with Crippen molar-refractivity contribution in [2.75, 3.05) is 20.1 Å². The van der Waals surface area contributed by atoms with Gasteiger partial charge in [-0.25, -0.2) is 4.39 Å². The van der Waals surface area contributed by atoms with Crippen molar-refractivity contribution in [3.63, 3.8) is 0 Å². The second kappa shape index (κ2) is 11.0. The molecule has 1 aliphatic carbocycles. The van der Waals surface area contributed by atoms with Crippen molar-refractivity contribution in [2.24, 2.45) is 10.7 Å². The zero-order valence-corrected chi connectivity index (χ0v) is 19.9. The quantitative estimate of drug-likeness (QED) is 0.621. The van der Waals surface area contributed by atoms with E-state index in [9.17, 15) is 9.18 Å². The topological polar surface area (TPSA) is 97.6 Å². The van der Waals surface area contributed by atoms with Crippen LogP contribution in [0.15, 0.2) is 39.9 Å². The molecule has 1 heterocycles. The number of hydrogen-bond acceptors (Lipinski definition) is 6. The maximum Gasteiger partial charge on any atom is 0.273 e. The van der Waals surface area contributed by atoms with E-state index in [4.69, 9.17) is 10.3 Å². The minimum atomic E-state index is -1.32. The maximum absolute atomic E-state index is 14.0. The largest absolute Gasteiger partial charge is 0.394 e. The Labute approximate surface area is 189 Å². The molecular weight excluding hydrogens is 409 g/mol. The Bertz CT molecular complexity index is 976. The third-order valence-corrected chi connectivity index (χ3v) is 5.49. The van der Waals surface area contributed by atoms with Crippen LogP contribution in [0.4, 0.5) is 4.39 Å². The number of carbonyl (C=O) groups is 1. The molecule has 2 aromatic rings. The monoisotopic (exact) mass is 443 g/mol. The summed E-state index contributed by atoms with van der Waals surface area (Å²) in [5, 5.41) is 4.16. The summed E-state index contributed by atoms with van der Waals surface area (Å²) in [6, 6.07) is 8.17. The van der Waals surface area contributed by atoms with E-state index in [-0.39, 0.29) is 35.2 Å². The first-order valence-electron chi connectivity index (χ1n) is 11.0. The standard InChI is InChI=1S/C22H28FN5O2.C2H6/c1-14-7-5-6-8-17(14)22(9-10-22)21-26-20(30-27-21)18(24)13-19(15(2)23)25-11-12-28(4)16(3)29;1-2/h5-8,13,15H,9-12,24H2,1-4H3;1-2H3/b18-13-,25-19?;. The number of hydrogen-bond donors (Lipinski definition) is 1. The van der Waals surface area contributed by atoms with E-state index in [0.29, 0.717) is 12.4 Å². The highest BCUT2D eigenvalue weighted by atomic mass is 19.1. The third kappa shape index (κ3) is 5.81. The van der Waals surface area contributed by atoms with Gasteiger partial charge in [-0.2, -0.15) is 4.98 Å². The molecule has 1 fully saturated rings. The summed E-state index contributed by atoms with van der Waals surface area (Å²) in [5.41, 5.74) is 8.58. The molecule has 1 aliphatic rings. The van der Waals surface area contributed by atoms with Gasteiger partial charge in [0.05, 0.1) is 23.4 Å². The van der Waals surface area contributed by atoms with E-state index in [1.807, 2.05) is 26.0 Å². The molecule has 1 aromatic carbocycles. The van der Waals surface area contributed by atoms with E-state index in [0.717, 1.165) is 12.8 Å². The molecule has 0 aliphatic heterocycles. The average molecular weight is 444 g/mol. The number of nitrogens with zero attached hydrogens (tertiary/aromatic N) is 4. The van der Waals surface area contributed by atoms with E-state index in [2.05, 4.69) is 34.2 Å². The Morgan fingerprint density at radius 1 is 1.38 bits per heavy atom. The molecule has 8 heteroatoms. The molecular formula is C24H34FN5O2. The molecule has 0 radical (unpaired) electrons. The van der Waals surface area contributed by atoms with E-state index in [1.54, 1.807) is 7.05 Å². The lowest BCUT2D eigenvalue weighted by Crippen LogP contribution is -2.27. The van der Waals surface area contributed by atoms with Gasteiger partial charge in [-0.1, -0.05) is 43.3 Å². The Balaban J connectivity index is 0.00000176. The van der Waals surface area contributed by atoms with Crippen molar-refractivity contribution in [2.45, 2.75) is 59.0 Å². The van der Waals surface area contributed by atoms with Gasteiger partial charge >= 0.3 is 0 Å². The Morgan fingerprint density at radius 2 is 2.03 bits per heavy atom. The summed E-state index contributed by atoms with van der Waals surface area (Å²) in [7, 11) is 1.67. The highest BCUT2D eigenvalue weighted by Crippen LogP contribution is 2.53. The van der Waals surface area contributed by atoms with Gasteiger partial charge in [0, 0.05) is 20.5 Å². The van der Waals surface area contributed by atoms with Gasteiger partial charge in [0.15, 0.2) is 5.82 Å². The summed E-state index contributed by atoms with van der Waals surface area (Å²) in [5.74, 6) is 0.674. The van der Waals surface area contributed by atoms with Gasteiger partial charge < -0.3 is 15.2 Å². The zero-order valence-electron chi connectivity index (χ0n) is 19.9. The SMILES string of the molecule is CC.CC(=O)N(C)CCN=C(/C=C(\N)c1nc(C2(c3ccccc3C)CC2)no1)C(C)F. The molecule has 1 atom stereocenters. The molecule has 7 nitrogen and oxygen atoms in total. The average Bonchev–Trinajstić information content (AvgIpc) is 3.42. The first kappa shape index (κ1) is 25.2. The lowest BCUT2D eigenvalue weighted by molar-refractivity contribution is -0.127. The number of carbonyl (C=O) groups excluding carboxylic acids is 1. The van der Waals surface area contributed by atoms with Crippen molar-refractivity contribution in [1.82, 2.24) is 15.0 Å². The van der Waals surface area contributed by atoms with Crippen LogP contribution in [0.1, 0.15) is 63.4 Å². The number of rotatable bonds is 8. The number of nitrogens with two attached hydrogens (primary N) is 1. The summed E-state index contributed by atoms with van der Waals surface area (Å²) in [6.07, 6.45) is 1.98. The fraction of sp³-hybridized carbons (Fsp3) is 0.500. The molecule has 2 N–H and O–H groups in total. The van der Waals surface area contributed by atoms with Crippen molar-refractivity contribution < 1.29 is 13.7 Å². The van der Waals surface area contributed by atoms with Crippen molar-refractivity contribution >= 4 is 17.3 Å². The predicted molar refractivity (Wildman–Crippen MR) is 125 cm³/mol. The van der Waals surface area contributed by atoms with Crippen LogP contribution in [-0.2, 0) is 10.2 Å². The summed E-state index contributed by atoms with van der Waals surface area (Å²) < 4.78 is 19.4. The number of halogens is 1. The molecule has 32 heavy (non-hydrogen) atoms.